The van der Waals surface area contributed by atoms with Gasteiger partial charge in [0.1, 0.15) is 11.6 Å². The van der Waals surface area contributed by atoms with Crippen LogP contribution in [0.5, 0.6) is 5.75 Å². The highest BCUT2D eigenvalue weighted by Gasteiger charge is 2.10. The molecule has 4 nitrogen and oxygen atoms in total. The highest BCUT2D eigenvalue weighted by molar-refractivity contribution is 5.80. The van der Waals surface area contributed by atoms with Crippen LogP contribution < -0.4 is 10.1 Å². The zero-order chi connectivity index (χ0) is 19.0. The van der Waals surface area contributed by atoms with Gasteiger partial charge in [-0.1, -0.05) is 36.8 Å². The van der Waals surface area contributed by atoms with E-state index in [1.165, 1.54) is 43.3 Å². The summed E-state index contributed by atoms with van der Waals surface area (Å²) in [4.78, 5) is 7.19. The van der Waals surface area contributed by atoms with Crippen LogP contribution in [0.25, 0.3) is 10.9 Å². The maximum atomic E-state index is 5.97. The Morgan fingerprint density at radius 1 is 0.929 bits per heavy atom. The van der Waals surface area contributed by atoms with Crippen molar-refractivity contribution in [2.45, 2.75) is 32.2 Å². The number of rotatable bonds is 8. The van der Waals surface area contributed by atoms with E-state index in [1.807, 2.05) is 24.3 Å². The Labute approximate surface area is 167 Å². The van der Waals surface area contributed by atoms with Crippen molar-refractivity contribution in [1.29, 1.82) is 0 Å². The molecule has 146 valence electrons. The van der Waals surface area contributed by atoms with E-state index in [2.05, 4.69) is 51.6 Å². The first-order chi connectivity index (χ1) is 13.9. The second-order valence-electron chi connectivity index (χ2n) is 7.50. The third-order valence-corrected chi connectivity index (χ3v) is 5.25. The maximum absolute atomic E-state index is 5.97. The van der Waals surface area contributed by atoms with Crippen LogP contribution in [-0.2, 0) is 6.54 Å². The Balaban J connectivity index is 1.21. The van der Waals surface area contributed by atoms with Crippen molar-refractivity contribution < 1.29 is 4.74 Å². The van der Waals surface area contributed by atoms with E-state index in [0.717, 1.165) is 36.6 Å². The molecule has 0 unspecified atom stereocenters. The molecule has 1 aromatic heterocycles. The van der Waals surface area contributed by atoms with Gasteiger partial charge in [-0.05, 0) is 68.2 Å². The molecular formula is C24H29N3O. The molecule has 0 bridgehead atoms. The summed E-state index contributed by atoms with van der Waals surface area (Å²) in [5, 5.41) is 4.56. The molecule has 0 aliphatic carbocycles. The molecule has 2 heterocycles. The fraction of sp³-hybridized carbons (Fsp3) is 0.375. The topological polar surface area (TPSA) is 37.4 Å². The number of piperidine rings is 1. The second-order valence-corrected chi connectivity index (χ2v) is 7.50. The SMILES string of the molecule is c1cc(CN2CCCCC2)cc(OCCCNc2ccc3ccccc3n2)c1. The molecular weight excluding hydrogens is 346 g/mol. The molecule has 1 N–H and O–H groups in total. The molecule has 0 amide bonds. The Morgan fingerprint density at radius 2 is 1.82 bits per heavy atom. The third-order valence-electron chi connectivity index (χ3n) is 5.25. The fourth-order valence-corrected chi connectivity index (χ4v) is 3.75. The predicted octanol–water partition coefficient (Wildman–Crippen LogP) is 5.10. The monoisotopic (exact) mass is 375 g/mol. The smallest absolute Gasteiger partial charge is 0.126 e. The summed E-state index contributed by atoms with van der Waals surface area (Å²) in [6.07, 6.45) is 4.97. The van der Waals surface area contributed by atoms with E-state index < -0.39 is 0 Å². The van der Waals surface area contributed by atoms with E-state index in [4.69, 9.17) is 4.74 Å². The van der Waals surface area contributed by atoms with Crippen LogP contribution in [0.4, 0.5) is 5.82 Å². The van der Waals surface area contributed by atoms with Crippen molar-refractivity contribution in [3.05, 3.63) is 66.2 Å². The highest BCUT2D eigenvalue weighted by Crippen LogP contribution is 2.18. The molecule has 28 heavy (non-hydrogen) atoms. The number of aromatic nitrogens is 1. The summed E-state index contributed by atoms with van der Waals surface area (Å²) in [7, 11) is 0. The van der Waals surface area contributed by atoms with E-state index in [1.54, 1.807) is 0 Å². The lowest BCUT2D eigenvalue weighted by atomic mass is 10.1. The van der Waals surface area contributed by atoms with Crippen molar-refractivity contribution >= 4 is 16.7 Å². The summed E-state index contributed by atoms with van der Waals surface area (Å²) in [5.41, 5.74) is 2.37. The molecule has 4 rings (SSSR count). The van der Waals surface area contributed by atoms with Crippen molar-refractivity contribution in [1.82, 2.24) is 9.88 Å². The summed E-state index contributed by atoms with van der Waals surface area (Å²) in [6, 6.07) is 20.9. The maximum Gasteiger partial charge on any atom is 0.126 e. The normalized spacial score (nSPS) is 14.9. The van der Waals surface area contributed by atoms with Gasteiger partial charge < -0.3 is 10.1 Å². The van der Waals surface area contributed by atoms with Gasteiger partial charge in [0.05, 0.1) is 12.1 Å². The van der Waals surface area contributed by atoms with Crippen LogP contribution in [0, 0.1) is 0 Å². The number of benzene rings is 2. The Bertz CT molecular complexity index is 890. The van der Waals surface area contributed by atoms with Crippen molar-refractivity contribution in [3.8, 4) is 5.75 Å². The standard InChI is InChI=1S/C24H29N3O/c1-4-15-27(16-5-1)19-20-8-6-10-22(18-20)28-17-7-14-25-24-13-12-21-9-2-3-11-23(21)26-24/h2-3,6,8-13,18H,1,4-5,7,14-17,19H2,(H,25,26). The summed E-state index contributed by atoms with van der Waals surface area (Å²) in [6.45, 7) is 5.03. The number of hydrogen-bond acceptors (Lipinski definition) is 4. The van der Waals surface area contributed by atoms with E-state index >= 15 is 0 Å². The number of anilines is 1. The molecule has 0 radical (unpaired) electrons. The molecule has 0 atom stereocenters. The minimum atomic E-state index is 0.702. The predicted molar refractivity (Wildman–Crippen MR) is 116 cm³/mol. The largest absolute Gasteiger partial charge is 0.494 e. The quantitative estimate of drug-likeness (QED) is 0.556. The van der Waals surface area contributed by atoms with Gasteiger partial charge in [0, 0.05) is 18.5 Å². The minimum absolute atomic E-state index is 0.702. The summed E-state index contributed by atoms with van der Waals surface area (Å²) >= 11 is 0. The van der Waals surface area contributed by atoms with Gasteiger partial charge in [0.15, 0.2) is 0 Å². The molecule has 4 heteroatoms. The number of pyridine rings is 1. The van der Waals surface area contributed by atoms with Crippen LogP contribution in [0.3, 0.4) is 0 Å². The summed E-state index contributed by atoms with van der Waals surface area (Å²) < 4.78 is 5.97. The second kappa shape index (κ2) is 9.56. The highest BCUT2D eigenvalue weighted by atomic mass is 16.5. The Morgan fingerprint density at radius 3 is 2.75 bits per heavy atom. The van der Waals surface area contributed by atoms with Gasteiger partial charge in [0.2, 0.25) is 0 Å². The van der Waals surface area contributed by atoms with Crippen LogP contribution >= 0.6 is 0 Å². The number of nitrogens with one attached hydrogen (secondary N) is 1. The minimum Gasteiger partial charge on any atom is -0.494 e. The average molecular weight is 376 g/mol. The summed E-state index contributed by atoms with van der Waals surface area (Å²) in [5.74, 6) is 1.89. The molecule has 2 aromatic carbocycles. The fourth-order valence-electron chi connectivity index (χ4n) is 3.75. The first-order valence-electron chi connectivity index (χ1n) is 10.4. The zero-order valence-corrected chi connectivity index (χ0v) is 16.4. The van der Waals surface area contributed by atoms with Crippen LogP contribution in [0.15, 0.2) is 60.7 Å². The molecule has 3 aromatic rings. The first-order valence-corrected chi connectivity index (χ1v) is 10.4. The van der Waals surface area contributed by atoms with Gasteiger partial charge in [-0.15, -0.1) is 0 Å². The number of para-hydroxylation sites is 1. The average Bonchev–Trinajstić information content (AvgIpc) is 2.74. The van der Waals surface area contributed by atoms with Crippen molar-refractivity contribution in [2.75, 3.05) is 31.6 Å². The van der Waals surface area contributed by atoms with E-state index in [-0.39, 0.29) is 0 Å². The van der Waals surface area contributed by atoms with Crippen LogP contribution in [0.2, 0.25) is 0 Å². The van der Waals surface area contributed by atoms with Gasteiger partial charge >= 0.3 is 0 Å². The van der Waals surface area contributed by atoms with E-state index in [9.17, 15) is 0 Å². The Kier molecular flexibility index (Phi) is 6.40. The lowest BCUT2D eigenvalue weighted by Crippen LogP contribution is -2.29. The number of likely N-dealkylation sites (tertiary alicyclic amines) is 1. The number of hydrogen-bond donors (Lipinski definition) is 1. The van der Waals surface area contributed by atoms with Crippen LogP contribution in [-0.4, -0.2) is 36.1 Å². The van der Waals surface area contributed by atoms with Gasteiger partial charge in [-0.25, -0.2) is 4.98 Å². The van der Waals surface area contributed by atoms with Gasteiger partial charge in [0.25, 0.3) is 0 Å². The molecule has 1 aliphatic heterocycles. The molecule has 1 fully saturated rings. The zero-order valence-electron chi connectivity index (χ0n) is 16.4. The molecule has 1 aliphatic rings. The number of ether oxygens (including phenoxy) is 1. The lowest BCUT2D eigenvalue weighted by Gasteiger charge is -2.26. The number of nitrogens with zero attached hydrogens (tertiary/aromatic N) is 2. The third kappa shape index (κ3) is 5.23. The van der Waals surface area contributed by atoms with E-state index in [0.29, 0.717) is 6.61 Å². The lowest BCUT2D eigenvalue weighted by molar-refractivity contribution is 0.220. The van der Waals surface area contributed by atoms with Crippen molar-refractivity contribution in [2.24, 2.45) is 0 Å². The first kappa shape index (κ1) is 18.8. The van der Waals surface area contributed by atoms with Crippen LogP contribution in [0.1, 0.15) is 31.2 Å². The molecule has 0 spiro atoms. The Hall–Kier alpha value is -2.59. The van der Waals surface area contributed by atoms with Gasteiger partial charge in [-0.3, -0.25) is 4.90 Å². The number of fused-ring (bicyclic) bond motifs is 1. The molecule has 0 saturated carbocycles. The molecule has 1 saturated heterocycles. The van der Waals surface area contributed by atoms with Gasteiger partial charge in [-0.2, -0.15) is 0 Å². The van der Waals surface area contributed by atoms with Crippen molar-refractivity contribution in [3.63, 3.8) is 0 Å².